The first-order chi connectivity index (χ1) is 15.4. The molecule has 0 unspecified atom stereocenters. The van der Waals surface area contributed by atoms with Crippen molar-refractivity contribution in [2.45, 2.75) is 24.9 Å². The quantitative estimate of drug-likeness (QED) is 0.517. The van der Waals surface area contributed by atoms with Crippen molar-refractivity contribution in [3.63, 3.8) is 0 Å². The molecule has 3 aromatic rings. The van der Waals surface area contributed by atoms with E-state index in [0.29, 0.717) is 55.7 Å². The fourth-order valence-electron chi connectivity index (χ4n) is 3.69. The van der Waals surface area contributed by atoms with E-state index in [4.69, 9.17) is 8.83 Å². The molecule has 0 radical (unpaired) electrons. The molecule has 4 rings (SSSR count). The molecule has 0 atom stereocenters. The molecule has 32 heavy (non-hydrogen) atoms. The SMILES string of the molecule is Cc1ccc(S(=O)(=O)N2CCN(CC(=O)N(Cc3ccco3)Cc3ccco3)CC2)cc1. The third-order valence-corrected chi connectivity index (χ3v) is 7.47. The lowest BCUT2D eigenvalue weighted by atomic mass is 10.2. The molecule has 3 heterocycles. The summed E-state index contributed by atoms with van der Waals surface area (Å²) in [5.41, 5.74) is 1.01. The number of furan rings is 2. The molecule has 0 spiro atoms. The molecule has 0 N–H and O–H groups in total. The van der Waals surface area contributed by atoms with Gasteiger partial charge in [-0.05, 0) is 43.3 Å². The Morgan fingerprint density at radius 2 is 1.47 bits per heavy atom. The van der Waals surface area contributed by atoms with Crippen molar-refractivity contribution >= 4 is 15.9 Å². The van der Waals surface area contributed by atoms with Crippen molar-refractivity contribution in [3.05, 3.63) is 78.1 Å². The number of carbonyl (C=O) groups excluding carboxylic acids is 1. The summed E-state index contributed by atoms with van der Waals surface area (Å²) in [4.78, 5) is 17.0. The Kier molecular flexibility index (Phi) is 6.78. The highest BCUT2D eigenvalue weighted by Crippen LogP contribution is 2.19. The maximum absolute atomic E-state index is 13.1. The summed E-state index contributed by atoms with van der Waals surface area (Å²) >= 11 is 0. The minimum Gasteiger partial charge on any atom is -0.467 e. The van der Waals surface area contributed by atoms with Crippen LogP contribution in [0.4, 0.5) is 0 Å². The lowest BCUT2D eigenvalue weighted by molar-refractivity contribution is -0.134. The topological polar surface area (TPSA) is 87.2 Å². The average molecular weight is 458 g/mol. The first-order valence-corrected chi connectivity index (χ1v) is 12.0. The van der Waals surface area contributed by atoms with Crippen LogP contribution in [0.1, 0.15) is 17.1 Å². The zero-order valence-electron chi connectivity index (χ0n) is 18.0. The Balaban J connectivity index is 1.36. The molecule has 1 aliphatic heterocycles. The second kappa shape index (κ2) is 9.72. The van der Waals surface area contributed by atoms with Gasteiger partial charge in [0.25, 0.3) is 0 Å². The van der Waals surface area contributed by atoms with E-state index in [9.17, 15) is 13.2 Å². The molecule has 9 heteroatoms. The number of rotatable bonds is 8. The Bertz CT molecular complexity index is 1060. The average Bonchev–Trinajstić information content (AvgIpc) is 3.48. The van der Waals surface area contributed by atoms with Crippen molar-refractivity contribution in [2.24, 2.45) is 0 Å². The summed E-state index contributed by atoms with van der Waals surface area (Å²) < 4.78 is 38.1. The lowest BCUT2D eigenvalue weighted by Crippen LogP contribution is -2.51. The van der Waals surface area contributed by atoms with Crippen LogP contribution in [-0.4, -0.2) is 61.2 Å². The summed E-state index contributed by atoms with van der Waals surface area (Å²) in [6, 6.07) is 14.1. The highest BCUT2D eigenvalue weighted by molar-refractivity contribution is 7.89. The molecule has 1 fully saturated rings. The number of hydrogen-bond acceptors (Lipinski definition) is 6. The van der Waals surface area contributed by atoms with Gasteiger partial charge in [-0.15, -0.1) is 0 Å². The maximum atomic E-state index is 13.1. The molecule has 1 aliphatic rings. The van der Waals surface area contributed by atoms with E-state index in [1.807, 2.05) is 24.0 Å². The van der Waals surface area contributed by atoms with Crippen LogP contribution in [0.15, 0.2) is 74.8 Å². The number of amides is 1. The van der Waals surface area contributed by atoms with E-state index in [-0.39, 0.29) is 12.5 Å². The van der Waals surface area contributed by atoms with Gasteiger partial charge in [0.1, 0.15) is 11.5 Å². The zero-order chi connectivity index (χ0) is 22.6. The molecule has 0 aliphatic carbocycles. The van der Waals surface area contributed by atoms with Crippen LogP contribution in [0.3, 0.4) is 0 Å². The van der Waals surface area contributed by atoms with Crippen LogP contribution in [0.25, 0.3) is 0 Å². The predicted octanol–water partition coefficient (Wildman–Crippen LogP) is 2.72. The van der Waals surface area contributed by atoms with Crippen LogP contribution in [0, 0.1) is 6.92 Å². The van der Waals surface area contributed by atoms with Crippen LogP contribution < -0.4 is 0 Å². The van der Waals surface area contributed by atoms with Crippen molar-refractivity contribution in [1.29, 1.82) is 0 Å². The van der Waals surface area contributed by atoms with Gasteiger partial charge >= 0.3 is 0 Å². The van der Waals surface area contributed by atoms with E-state index < -0.39 is 10.0 Å². The molecule has 1 saturated heterocycles. The Morgan fingerprint density at radius 1 is 0.906 bits per heavy atom. The van der Waals surface area contributed by atoms with Gasteiger partial charge in [0.05, 0.1) is 37.1 Å². The van der Waals surface area contributed by atoms with Gasteiger partial charge in [0.15, 0.2) is 0 Å². The van der Waals surface area contributed by atoms with Crippen LogP contribution >= 0.6 is 0 Å². The van der Waals surface area contributed by atoms with Gasteiger partial charge in [-0.3, -0.25) is 9.69 Å². The number of benzene rings is 1. The van der Waals surface area contributed by atoms with Crippen molar-refractivity contribution in [2.75, 3.05) is 32.7 Å². The summed E-state index contributed by atoms with van der Waals surface area (Å²) in [6.07, 6.45) is 3.16. The van der Waals surface area contributed by atoms with Crippen LogP contribution in [0.2, 0.25) is 0 Å². The van der Waals surface area contributed by atoms with Gasteiger partial charge in [-0.1, -0.05) is 17.7 Å². The standard InChI is InChI=1S/C23H27N3O5S/c1-19-6-8-22(9-7-19)32(28,29)26-12-10-24(11-13-26)18-23(27)25(16-20-4-2-14-30-20)17-21-5-3-15-31-21/h2-9,14-15H,10-13,16-18H2,1H3. The Hall–Kier alpha value is -2.88. The fraction of sp³-hybridized carbons (Fsp3) is 0.348. The summed E-state index contributed by atoms with van der Waals surface area (Å²) in [5, 5.41) is 0. The van der Waals surface area contributed by atoms with E-state index in [0.717, 1.165) is 5.56 Å². The normalized spacial score (nSPS) is 15.7. The number of hydrogen-bond donors (Lipinski definition) is 0. The summed E-state index contributed by atoms with van der Waals surface area (Å²) in [6.45, 7) is 4.49. The number of sulfonamides is 1. The highest BCUT2D eigenvalue weighted by atomic mass is 32.2. The van der Waals surface area contributed by atoms with Crippen molar-refractivity contribution < 1.29 is 22.0 Å². The molecule has 170 valence electrons. The Labute approximate surface area is 188 Å². The number of nitrogens with zero attached hydrogens (tertiary/aromatic N) is 3. The molecule has 1 aromatic carbocycles. The molecule has 0 bridgehead atoms. The van der Waals surface area contributed by atoms with E-state index in [1.165, 1.54) is 4.31 Å². The Morgan fingerprint density at radius 3 is 1.97 bits per heavy atom. The van der Waals surface area contributed by atoms with Gasteiger partial charge in [0.2, 0.25) is 15.9 Å². The maximum Gasteiger partial charge on any atom is 0.243 e. The number of carbonyl (C=O) groups is 1. The van der Waals surface area contributed by atoms with E-state index in [1.54, 1.807) is 53.8 Å². The summed E-state index contributed by atoms with van der Waals surface area (Å²) in [7, 11) is -3.53. The fourth-order valence-corrected chi connectivity index (χ4v) is 5.11. The second-order valence-corrected chi connectivity index (χ2v) is 9.84. The van der Waals surface area contributed by atoms with Crippen molar-refractivity contribution in [3.8, 4) is 0 Å². The first kappa shape index (κ1) is 22.3. The van der Waals surface area contributed by atoms with Crippen LogP contribution in [-0.2, 0) is 27.9 Å². The molecular formula is C23H27N3O5S. The van der Waals surface area contributed by atoms with Gasteiger partial charge in [-0.25, -0.2) is 8.42 Å². The highest BCUT2D eigenvalue weighted by Gasteiger charge is 2.30. The minimum absolute atomic E-state index is 0.0624. The largest absolute Gasteiger partial charge is 0.467 e. The third-order valence-electron chi connectivity index (χ3n) is 5.56. The van der Waals surface area contributed by atoms with E-state index >= 15 is 0 Å². The smallest absolute Gasteiger partial charge is 0.243 e. The van der Waals surface area contributed by atoms with Crippen molar-refractivity contribution in [1.82, 2.24) is 14.1 Å². The zero-order valence-corrected chi connectivity index (χ0v) is 18.8. The molecule has 1 amide bonds. The molecular weight excluding hydrogens is 430 g/mol. The number of aryl methyl sites for hydroxylation is 1. The monoisotopic (exact) mass is 457 g/mol. The third kappa shape index (κ3) is 5.29. The van der Waals surface area contributed by atoms with Gasteiger partial charge < -0.3 is 13.7 Å². The molecule has 8 nitrogen and oxygen atoms in total. The van der Waals surface area contributed by atoms with Gasteiger partial charge in [0, 0.05) is 26.2 Å². The number of piperazine rings is 1. The lowest BCUT2D eigenvalue weighted by Gasteiger charge is -2.34. The van der Waals surface area contributed by atoms with Crippen LogP contribution in [0.5, 0.6) is 0 Å². The molecule has 2 aromatic heterocycles. The van der Waals surface area contributed by atoms with Gasteiger partial charge in [-0.2, -0.15) is 4.31 Å². The minimum atomic E-state index is -3.53. The summed E-state index contributed by atoms with van der Waals surface area (Å²) in [5.74, 6) is 1.32. The first-order valence-electron chi connectivity index (χ1n) is 10.5. The predicted molar refractivity (Wildman–Crippen MR) is 118 cm³/mol. The molecule has 0 saturated carbocycles. The second-order valence-electron chi connectivity index (χ2n) is 7.90. The van der Waals surface area contributed by atoms with E-state index in [2.05, 4.69) is 0 Å².